The summed E-state index contributed by atoms with van der Waals surface area (Å²) >= 11 is 3.51. The molecular formula is C16H22BrN3O. The standard InChI is InChI=1S/C16H22BrN3O/c1-3-7-20-11-15(10-19-20)21-16-6-5-13(17)8-12(16)9-14(18)4-2/h5-6,8,10-11,14H,3-4,7,9,18H2,1-2H3. The van der Waals surface area contributed by atoms with Crippen LogP contribution in [-0.2, 0) is 13.0 Å². The Morgan fingerprint density at radius 1 is 1.38 bits per heavy atom. The van der Waals surface area contributed by atoms with Gasteiger partial charge in [-0.2, -0.15) is 5.10 Å². The Bertz CT molecular complexity index is 583. The summed E-state index contributed by atoms with van der Waals surface area (Å²) in [7, 11) is 0. The SMILES string of the molecule is CCCn1cc(Oc2ccc(Br)cc2CC(N)CC)cn1. The van der Waals surface area contributed by atoms with Gasteiger partial charge in [-0.05, 0) is 43.0 Å². The van der Waals surface area contributed by atoms with Gasteiger partial charge in [0.25, 0.3) is 0 Å². The molecule has 0 spiro atoms. The van der Waals surface area contributed by atoms with E-state index in [0.29, 0.717) is 0 Å². The minimum Gasteiger partial charge on any atom is -0.454 e. The monoisotopic (exact) mass is 351 g/mol. The van der Waals surface area contributed by atoms with Gasteiger partial charge in [0, 0.05) is 17.1 Å². The number of hydrogen-bond donors (Lipinski definition) is 1. The number of nitrogens with two attached hydrogens (primary N) is 1. The van der Waals surface area contributed by atoms with E-state index >= 15 is 0 Å². The van der Waals surface area contributed by atoms with Crippen molar-refractivity contribution >= 4 is 15.9 Å². The Morgan fingerprint density at radius 3 is 2.90 bits per heavy atom. The van der Waals surface area contributed by atoms with Gasteiger partial charge in [-0.3, -0.25) is 4.68 Å². The molecule has 2 N–H and O–H groups in total. The smallest absolute Gasteiger partial charge is 0.165 e. The van der Waals surface area contributed by atoms with Gasteiger partial charge in [-0.15, -0.1) is 0 Å². The fourth-order valence-electron chi connectivity index (χ4n) is 2.11. The molecule has 1 atom stereocenters. The third kappa shape index (κ3) is 4.58. The van der Waals surface area contributed by atoms with Crippen molar-refractivity contribution in [2.45, 2.75) is 45.7 Å². The number of aromatic nitrogens is 2. The highest BCUT2D eigenvalue weighted by molar-refractivity contribution is 9.10. The van der Waals surface area contributed by atoms with E-state index in [2.05, 4.69) is 40.9 Å². The van der Waals surface area contributed by atoms with Crippen molar-refractivity contribution < 1.29 is 4.74 Å². The van der Waals surface area contributed by atoms with Crippen LogP contribution in [0.5, 0.6) is 11.5 Å². The van der Waals surface area contributed by atoms with Crippen LogP contribution in [0.4, 0.5) is 0 Å². The fraction of sp³-hybridized carbons (Fsp3) is 0.438. The first kappa shape index (κ1) is 16.0. The number of ether oxygens (including phenoxy) is 1. The molecule has 4 nitrogen and oxygen atoms in total. The Morgan fingerprint density at radius 2 is 2.19 bits per heavy atom. The average Bonchev–Trinajstić information content (AvgIpc) is 2.89. The van der Waals surface area contributed by atoms with Crippen LogP contribution >= 0.6 is 15.9 Å². The van der Waals surface area contributed by atoms with Crippen LogP contribution in [0, 0.1) is 0 Å². The number of nitrogens with zero attached hydrogens (tertiary/aromatic N) is 2. The third-order valence-electron chi connectivity index (χ3n) is 3.32. The molecule has 0 aliphatic rings. The summed E-state index contributed by atoms with van der Waals surface area (Å²) in [5.41, 5.74) is 7.19. The predicted octanol–water partition coefficient (Wildman–Crippen LogP) is 4.13. The summed E-state index contributed by atoms with van der Waals surface area (Å²) in [4.78, 5) is 0. The molecule has 1 unspecified atom stereocenters. The molecule has 0 aliphatic carbocycles. The highest BCUT2D eigenvalue weighted by Gasteiger charge is 2.10. The molecule has 0 fully saturated rings. The molecule has 0 amide bonds. The second kappa shape index (κ2) is 7.61. The van der Waals surface area contributed by atoms with Gasteiger partial charge >= 0.3 is 0 Å². The second-order valence-electron chi connectivity index (χ2n) is 5.17. The van der Waals surface area contributed by atoms with Crippen LogP contribution in [-0.4, -0.2) is 15.8 Å². The maximum atomic E-state index is 6.07. The first-order valence-corrected chi connectivity index (χ1v) is 8.16. The van der Waals surface area contributed by atoms with Crippen molar-refractivity contribution in [3.05, 3.63) is 40.6 Å². The molecule has 0 saturated heterocycles. The molecule has 1 aromatic heterocycles. The lowest BCUT2D eigenvalue weighted by Gasteiger charge is -2.14. The number of aryl methyl sites for hydroxylation is 1. The Hall–Kier alpha value is -1.33. The van der Waals surface area contributed by atoms with E-state index < -0.39 is 0 Å². The highest BCUT2D eigenvalue weighted by atomic mass is 79.9. The third-order valence-corrected chi connectivity index (χ3v) is 3.81. The lowest BCUT2D eigenvalue weighted by Crippen LogP contribution is -2.21. The highest BCUT2D eigenvalue weighted by Crippen LogP contribution is 2.29. The normalized spacial score (nSPS) is 12.4. The minimum absolute atomic E-state index is 0.143. The first-order valence-electron chi connectivity index (χ1n) is 7.36. The van der Waals surface area contributed by atoms with E-state index in [0.717, 1.165) is 47.3 Å². The van der Waals surface area contributed by atoms with Crippen LogP contribution in [0.2, 0.25) is 0 Å². The maximum Gasteiger partial charge on any atom is 0.165 e. The van der Waals surface area contributed by atoms with E-state index in [-0.39, 0.29) is 6.04 Å². The van der Waals surface area contributed by atoms with Gasteiger partial charge in [-0.25, -0.2) is 0 Å². The first-order chi connectivity index (χ1) is 10.1. The molecule has 5 heteroatoms. The van der Waals surface area contributed by atoms with Gasteiger partial charge < -0.3 is 10.5 Å². The van der Waals surface area contributed by atoms with Crippen molar-refractivity contribution in [1.82, 2.24) is 9.78 Å². The number of rotatable bonds is 7. The van der Waals surface area contributed by atoms with Crippen LogP contribution in [0.3, 0.4) is 0 Å². The van der Waals surface area contributed by atoms with Crippen molar-refractivity contribution in [1.29, 1.82) is 0 Å². The fourth-order valence-corrected chi connectivity index (χ4v) is 2.52. The zero-order valence-corrected chi connectivity index (χ0v) is 14.1. The summed E-state index contributed by atoms with van der Waals surface area (Å²) < 4.78 is 8.91. The minimum atomic E-state index is 0.143. The van der Waals surface area contributed by atoms with Gasteiger partial charge in [0.15, 0.2) is 5.75 Å². The average molecular weight is 352 g/mol. The van der Waals surface area contributed by atoms with Crippen molar-refractivity contribution in [3.8, 4) is 11.5 Å². The van der Waals surface area contributed by atoms with E-state index in [9.17, 15) is 0 Å². The molecule has 0 saturated carbocycles. The van der Waals surface area contributed by atoms with E-state index in [4.69, 9.17) is 10.5 Å². The second-order valence-corrected chi connectivity index (χ2v) is 6.08. The molecule has 1 heterocycles. The summed E-state index contributed by atoms with van der Waals surface area (Å²) in [6.07, 6.45) is 6.47. The number of benzene rings is 1. The number of hydrogen-bond acceptors (Lipinski definition) is 3. The van der Waals surface area contributed by atoms with Crippen LogP contribution in [0.15, 0.2) is 35.1 Å². The summed E-state index contributed by atoms with van der Waals surface area (Å²) in [6.45, 7) is 5.12. The Labute approximate surface area is 134 Å². The maximum absolute atomic E-state index is 6.07. The van der Waals surface area contributed by atoms with Crippen LogP contribution < -0.4 is 10.5 Å². The van der Waals surface area contributed by atoms with Gasteiger partial charge in [0.2, 0.25) is 0 Å². The molecule has 21 heavy (non-hydrogen) atoms. The van der Waals surface area contributed by atoms with Gasteiger partial charge in [-0.1, -0.05) is 29.8 Å². The molecule has 0 aliphatic heterocycles. The molecule has 1 aromatic carbocycles. The van der Waals surface area contributed by atoms with E-state index in [1.807, 2.05) is 23.0 Å². The summed E-state index contributed by atoms with van der Waals surface area (Å²) in [5.74, 6) is 1.61. The molecule has 0 bridgehead atoms. The zero-order valence-electron chi connectivity index (χ0n) is 12.6. The summed E-state index contributed by atoms with van der Waals surface area (Å²) in [6, 6.07) is 6.16. The van der Waals surface area contributed by atoms with Crippen molar-refractivity contribution in [2.75, 3.05) is 0 Å². The largest absolute Gasteiger partial charge is 0.454 e. The molecule has 2 aromatic rings. The van der Waals surface area contributed by atoms with Crippen molar-refractivity contribution in [3.63, 3.8) is 0 Å². The molecular weight excluding hydrogens is 330 g/mol. The van der Waals surface area contributed by atoms with E-state index in [1.165, 1.54) is 0 Å². The summed E-state index contributed by atoms with van der Waals surface area (Å²) in [5, 5.41) is 4.28. The van der Waals surface area contributed by atoms with Crippen molar-refractivity contribution in [2.24, 2.45) is 5.73 Å². The lowest BCUT2D eigenvalue weighted by atomic mass is 10.0. The van der Waals surface area contributed by atoms with Crippen LogP contribution in [0.25, 0.3) is 0 Å². The molecule has 0 radical (unpaired) electrons. The lowest BCUT2D eigenvalue weighted by molar-refractivity contribution is 0.470. The number of halogens is 1. The van der Waals surface area contributed by atoms with Gasteiger partial charge in [0.1, 0.15) is 5.75 Å². The van der Waals surface area contributed by atoms with Gasteiger partial charge in [0.05, 0.1) is 12.4 Å². The van der Waals surface area contributed by atoms with E-state index in [1.54, 1.807) is 6.20 Å². The Balaban J connectivity index is 2.17. The molecule has 114 valence electrons. The zero-order chi connectivity index (χ0) is 15.2. The van der Waals surface area contributed by atoms with Crippen LogP contribution in [0.1, 0.15) is 32.3 Å². The molecule has 2 rings (SSSR count). The Kier molecular flexibility index (Phi) is 5.82. The quantitative estimate of drug-likeness (QED) is 0.815. The predicted molar refractivity (Wildman–Crippen MR) is 88.7 cm³/mol. The topological polar surface area (TPSA) is 53.1 Å².